The first-order chi connectivity index (χ1) is 14.5. The maximum atomic E-state index is 12.6. The number of ketones is 2. The van der Waals surface area contributed by atoms with Gasteiger partial charge in [0.1, 0.15) is 0 Å². The molecule has 4 aromatic carbocycles. The minimum atomic E-state index is -0.0773. The van der Waals surface area contributed by atoms with E-state index >= 15 is 0 Å². The van der Waals surface area contributed by atoms with Crippen LogP contribution in [-0.4, -0.2) is 11.6 Å². The van der Waals surface area contributed by atoms with Gasteiger partial charge in [-0.15, -0.1) is 0 Å². The first-order valence-electron chi connectivity index (χ1n) is 9.32. The summed E-state index contributed by atoms with van der Waals surface area (Å²) in [5.74, 6) is -0.155. The zero-order valence-corrected chi connectivity index (χ0v) is 17.3. The molecule has 2 nitrogen and oxygen atoms in total. The average Bonchev–Trinajstić information content (AvgIpc) is 2.78. The van der Waals surface area contributed by atoms with Crippen LogP contribution in [0.15, 0.2) is 97.1 Å². The van der Waals surface area contributed by atoms with E-state index in [1.165, 1.54) is 0 Å². The predicted molar refractivity (Wildman–Crippen MR) is 122 cm³/mol. The van der Waals surface area contributed by atoms with Gasteiger partial charge >= 0.3 is 0 Å². The fourth-order valence-corrected chi connectivity index (χ4v) is 3.60. The zero-order valence-electron chi connectivity index (χ0n) is 15.8. The molecule has 0 N–H and O–H groups in total. The molecule has 0 spiro atoms. The van der Waals surface area contributed by atoms with E-state index < -0.39 is 0 Å². The van der Waals surface area contributed by atoms with Crippen molar-refractivity contribution in [3.63, 3.8) is 0 Å². The van der Waals surface area contributed by atoms with Crippen molar-refractivity contribution < 1.29 is 9.59 Å². The summed E-state index contributed by atoms with van der Waals surface area (Å²) in [6.07, 6.45) is 0. The Labute approximate surface area is 184 Å². The topological polar surface area (TPSA) is 34.1 Å². The highest BCUT2D eigenvalue weighted by molar-refractivity contribution is 6.31. The Kier molecular flexibility index (Phi) is 5.80. The fourth-order valence-electron chi connectivity index (χ4n) is 3.22. The van der Waals surface area contributed by atoms with E-state index in [1.807, 2.05) is 24.3 Å². The summed E-state index contributed by atoms with van der Waals surface area (Å²) in [6, 6.07) is 28.6. The maximum Gasteiger partial charge on any atom is 0.193 e. The summed E-state index contributed by atoms with van der Waals surface area (Å²) in [4.78, 5) is 25.2. The molecule has 0 aromatic heterocycles. The molecule has 0 amide bonds. The van der Waals surface area contributed by atoms with E-state index in [-0.39, 0.29) is 11.6 Å². The van der Waals surface area contributed by atoms with Crippen molar-refractivity contribution in [1.29, 1.82) is 0 Å². The number of hydrogen-bond acceptors (Lipinski definition) is 2. The molecule has 0 unspecified atom stereocenters. The number of halogens is 2. The van der Waals surface area contributed by atoms with Gasteiger partial charge in [-0.1, -0.05) is 96.0 Å². The third-order valence-electron chi connectivity index (χ3n) is 4.80. The summed E-state index contributed by atoms with van der Waals surface area (Å²) in [5.41, 5.74) is 4.21. The van der Waals surface area contributed by atoms with Crippen LogP contribution in [0.2, 0.25) is 10.0 Å². The van der Waals surface area contributed by atoms with E-state index in [1.54, 1.807) is 72.8 Å². The molecule has 0 heterocycles. The molecule has 0 aliphatic rings. The smallest absolute Gasteiger partial charge is 0.193 e. The van der Waals surface area contributed by atoms with E-state index in [0.717, 1.165) is 11.1 Å². The Bertz CT molecular complexity index is 1130. The number of benzene rings is 4. The lowest BCUT2D eigenvalue weighted by Crippen LogP contribution is -2.01. The third-order valence-corrected chi connectivity index (χ3v) is 5.27. The van der Waals surface area contributed by atoms with Crippen LogP contribution in [0.1, 0.15) is 31.8 Å². The number of hydrogen-bond donors (Lipinski definition) is 0. The fraction of sp³-hybridized carbons (Fsp3) is 0. The average molecular weight is 431 g/mol. The van der Waals surface area contributed by atoms with Gasteiger partial charge in [0.05, 0.1) is 0 Å². The van der Waals surface area contributed by atoms with Crippen molar-refractivity contribution in [3.05, 3.63) is 129 Å². The summed E-state index contributed by atoms with van der Waals surface area (Å²) in [6.45, 7) is 0. The summed E-state index contributed by atoms with van der Waals surface area (Å²) >= 11 is 12.0. The van der Waals surface area contributed by atoms with E-state index in [4.69, 9.17) is 23.2 Å². The standard InChI is InChI=1S/C26H16Cl2O2/c27-23-5-1-3-21(15-23)25(29)19-11-7-17(8-12-19)18-9-13-20(14-10-18)26(30)22-4-2-6-24(28)16-22/h1-16H. The van der Waals surface area contributed by atoms with Gasteiger partial charge in [-0.3, -0.25) is 9.59 Å². The molecule has 0 atom stereocenters. The Morgan fingerprint density at radius 3 is 1.17 bits per heavy atom. The van der Waals surface area contributed by atoms with E-state index in [9.17, 15) is 9.59 Å². The molecule has 0 aliphatic carbocycles. The molecular weight excluding hydrogens is 415 g/mol. The third kappa shape index (κ3) is 4.35. The minimum absolute atomic E-state index is 0.0773. The Balaban J connectivity index is 1.53. The second-order valence-corrected chi connectivity index (χ2v) is 7.71. The number of carbonyl (C=O) groups is 2. The van der Waals surface area contributed by atoms with Gasteiger partial charge in [-0.05, 0) is 35.4 Å². The van der Waals surface area contributed by atoms with Crippen LogP contribution in [0.4, 0.5) is 0 Å². The summed E-state index contributed by atoms with van der Waals surface area (Å²) in [5, 5.41) is 1.06. The molecule has 0 saturated heterocycles. The molecule has 0 bridgehead atoms. The molecular formula is C26H16Cl2O2. The molecule has 0 fully saturated rings. The Morgan fingerprint density at radius 1 is 0.467 bits per heavy atom. The maximum absolute atomic E-state index is 12.6. The SMILES string of the molecule is O=C(c1ccc(-c2ccc(C(=O)c3cccc(Cl)c3)cc2)cc1)c1cccc(Cl)c1. The molecule has 146 valence electrons. The lowest BCUT2D eigenvalue weighted by molar-refractivity contribution is 0.103. The van der Waals surface area contributed by atoms with Gasteiger partial charge in [-0.2, -0.15) is 0 Å². The van der Waals surface area contributed by atoms with Crippen molar-refractivity contribution in [3.8, 4) is 11.1 Å². The van der Waals surface area contributed by atoms with Gasteiger partial charge in [0.2, 0.25) is 0 Å². The molecule has 30 heavy (non-hydrogen) atoms. The largest absolute Gasteiger partial charge is 0.289 e. The van der Waals surface area contributed by atoms with Gasteiger partial charge in [0.15, 0.2) is 11.6 Å². The summed E-state index contributed by atoms with van der Waals surface area (Å²) < 4.78 is 0. The normalized spacial score (nSPS) is 10.6. The first kappa shape index (κ1) is 20.1. The minimum Gasteiger partial charge on any atom is -0.289 e. The molecule has 4 aromatic rings. The van der Waals surface area contributed by atoms with Crippen LogP contribution < -0.4 is 0 Å². The monoisotopic (exact) mass is 430 g/mol. The van der Waals surface area contributed by atoms with Crippen LogP contribution in [-0.2, 0) is 0 Å². The van der Waals surface area contributed by atoms with Crippen molar-refractivity contribution in [1.82, 2.24) is 0 Å². The van der Waals surface area contributed by atoms with Gasteiger partial charge in [0, 0.05) is 32.3 Å². The van der Waals surface area contributed by atoms with Gasteiger partial charge in [-0.25, -0.2) is 0 Å². The van der Waals surface area contributed by atoms with Crippen molar-refractivity contribution in [2.45, 2.75) is 0 Å². The van der Waals surface area contributed by atoms with Crippen LogP contribution in [0, 0.1) is 0 Å². The second-order valence-electron chi connectivity index (χ2n) is 6.83. The molecule has 0 saturated carbocycles. The second kappa shape index (κ2) is 8.66. The van der Waals surface area contributed by atoms with Crippen LogP contribution >= 0.6 is 23.2 Å². The molecule has 4 rings (SSSR count). The van der Waals surface area contributed by atoms with Crippen molar-refractivity contribution >= 4 is 34.8 Å². The van der Waals surface area contributed by atoms with E-state index in [0.29, 0.717) is 32.3 Å². The lowest BCUT2D eigenvalue weighted by Gasteiger charge is -2.07. The quantitative estimate of drug-likeness (QED) is 0.315. The van der Waals surface area contributed by atoms with Crippen LogP contribution in [0.25, 0.3) is 11.1 Å². The van der Waals surface area contributed by atoms with E-state index in [2.05, 4.69) is 0 Å². The Morgan fingerprint density at radius 2 is 0.833 bits per heavy atom. The zero-order chi connectivity index (χ0) is 21.1. The number of carbonyl (C=O) groups excluding carboxylic acids is 2. The van der Waals surface area contributed by atoms with Gasteiger partial charge < -0.3 is 0 Å². The first-order valence-corrected chi connectivity index (χ1v) is 10.1. The van der Waals surface area contributed by atoms with Crippen molar-refractivity contribution in [2.24, 2.45) is 0 Å². The predicted octanol–water partition coefficient (Wildman–Crippen LogP) is 7.12. The molecule has 4 heteroatoms. The number of rotatable bonds is 5. The van der Waals surface area contributed by atoms with Crippen molar-refractivity contribution in [2.75, 3.05) is 0 Å². The van der Waals surface area contributed by atoms with Crippen LogP contribution in [0.5, 0.6) is 0 Å². The highest BCUT2D eigenvalue weighted by Gasteiger charge is 2.11. The summed E-state index contributed by atoms with van der Waals surface area (Å²) in [7, 11) is 0. The lowest BCUT2D eigenvalue weighted by atomic mass is 9.97. The molecule has 0 aliphatic heterocycles. The van der Waals surface area contributed by atoms with Crippen LogP contribution in [0.3, 0.4) is 0 Å². The highest BCUT2D eigenvalue weighted by atomic mass is 35.5. The van der Waals surface area contributed by atoms with Gasteiger partial charge in [0.25, 0.3) is 0 Å². The Hall–Kier alpha value is -3.20. The highest BCUT2D eigenvalue weighted by Crippen LogP contribution is 2.23. The molecule has 0 radical (unpaired) electrons.